The molecule has 1 heterocycles. The lowest BCUT2D eigenvalue weighted by Gasteiger charge is -2.25. The molecule has 0 aliphatic heterocycles. The summed E-state index contributed by atoms with van der Waals surface area (Å²) in [6, 6.07) is 10.4. The van der Waals surface area contributed by atoms with Gasteiger partial charge < -0.3 is 4.74 Å². The van der Waals surface area contributed by atoms with Crippen LogP contribution in [0.4, 0.5) is 20.6 Å². The van der Waals surface area contributed by atoms with Gasteiger partial charge in [-0.2, -0.15) is 0 Å². The number of para-hydroxylation sites is 1. The summed E-state index contributed by atoms with van der Waals surface area (Å²) in [6.45, 7) is 0.408. The third kappa shape index (κ3) is 4.10. The lowest BCUT2D eigenvalue weighted by molar-refractivity contribution is 0.124. The molecule has 0 atom stereocenters. The highest BCUT2D eigenvalue weighted by Gasteiger charge is 2.22. The first-order chi connectivity index (χ1) is 11.7. The van der Waals surface area contributed by atoms with E-state index < -0.39 is 11.9 Å². The van der Waals surface area contributed by atoms with E-state index in [1.807, 2.05) is 18.2 Å². The molecule has 0 N–H and O–H groups in total. The Balaban J connectivity index is 1.77. The van der Waals surface area contributed by atoms with Crippen molar-refractivity contribution in [3.05, 3.63) is 54.6 Å². The van der Waals surface area contributed by atoms with Crippen LogP contribution in [0, 0.1) is 11.7 Å². The molecule has 5 heteroatoms. The van der Waals surface area contributed by atoms with Crippen LogP contribution in [0.15, 0.2) is 48.8 Å². The summed E-state index contributed by atoms with van der Waals surface area (Å²) in [5.41, 5.74) is 0.980. The molecule has 0 unspecified atom stereocenters. The number of hydrogen-bond donors (Lipinski definition) is 0. The third-order valence-corrected chi connectivity index (χ3v) is 4.31. The van der Waals surface area contributed by atoms with Crippen molar-refractivity contribution in [2.75, 3.05) is 11.5 Å². The second kappa shape index (κ2) is 7.90. The van der Waals surface area contributed by atoms with Gasteiger partial charge in [-0.05, 0) is 30.9 Å². The van der Waals surface area contributed by atoms with E-state index in [4.69, 9.17) is 4.74 Å². The summed E-state index contributed by atoms with van der Waals surface area (Å²) < 4.78 is 19.1. The molecule has 0 saturated heterocycles. The number of halogens is 1. The average Bonchev–Trinajstić information content (AvgIpc) is 2.62. The Morgan fingerprint density at radius 2 is 1.88 bits per heavy atom. The van der Waals surface area contributed by atoms with Gasteiger partial charge in [0.2, 0.25) is 0 Å². The van der Waals surface area contributed by atoms with Crippen LogP contribution >= 0.6 is 0 Å². The van der Waals surface area contributed by atoms with Gasteiger partial charge in [0.25, 0.3) is 0 Å². The van der Waals surface area contributed by atoms with E-state index in [9.17, 15) is 9.18 Å². The fourth-order valence-corrected chi connectivity index (χ4v) is 3.07. The molecule has 1 fully saturated rings. The van der Waals surface area contributed by atoms with Crippen molar-refractivity contribution in [3.63, 3.8) is 0 Å². The summed E-state index contributed by atoms with van der Waals surface area (Å²) in [5.74, 6) is -0.0699. The standard InChI is InChI=1S/C19H21FN2O2/c20-16-11-18(13-21-12-16)22(17-9-5-2-6-10-17)19(23)24-14-15-7-3-1-4-8-15/h2,5-6,9-13,15H,1,3-4,7-8,14H2. The van der Waals surface area contributed by atoms with Crippen molar-refractivity contribution >= 4 is 17.5 Å². The molecule has 1 saturated carbocycles. The minimum absolute atomic E-state index is 0.356. The number of anilines is 2. The number of ether oxygens (including phenoxy) is 1. The molecule has 24 heavy (non-hydrogen) atoms. The van der Waals surface area contributed by atoms with Gasteiger partial charge in [0.1, 0.15) is 5.82 Å². The van der Waals surface area contributed by atoms with Crippen LogP contribution in [0.2, 0.25) is 0 Å². The highest BCUT2D eigenvalue weighted by molar-refractivity contribution is 5.95. The van der Waals surface area contributed by atoms with Gasteiger partial charge >= 0.3 is 6.09 Å². The number of pyridine rings is 1. The van der Waals surface area contributed by atoms with Crippen molar-refractivity contribution in [3.8, 4) is 0 Å². The summed E-state index contributed by atoms with van der Waals surface area (Å²) in [5, 5.41) is 0. The van der Waals surface area contributed by atoms with Crippen LogP contribution in [0.3, 0.4) is 0 Å². The molecule has 1 aromatic heterocycles. The quantitative estimate of drug-likeness (QED) is 0.786. The lowest BCUT2D eigenvalue weighted by Crippen LogP contribution is -2.29. The van der Waals surface area contributed by atoms with E-state index in [1.54, 1.807) is 12.1 Å². The zero-order valence-electron chi connectivity index (χ0n) is 13.5. The molecule has 1 aromatic carbocycles. The van der Waals surface area contributed by atoms with Gasteiger partial charge in [0.15, 0.2) is 0 Å². The van der Waals surface area contributed by atoms with E-state index in [0.717, 1.165) is 19.0 Å². The smallest absolute Gasteiger partial charge is 0.419 e. The average molecular weight is 328 g/mol. The van der Waals surface area contributed by atoms with Gasteiger partial charge in [-0.3, -0.25) is 4.98 Å². The minimum atomic E-state index is -0.501. The SMILES string of the molecule is O=C(OCC1CCCCC1)N(c1ccccc1)c1cncc(F)c1. The molecule has 2 aromatic rings. The zero-order chi connectivity index (χ0) is 16.8. The Hall–Kier alpha value is -2.43. The Labute approximate surface area is 141 Å². The molecule has 126 valence electrons. The second-order valence-electron chi connectivity index (χ2n) is 6.11. The van der Waals surface area contributed by atoms with Gasteiger partial charge in [-0.15, -0.1) is 0 Å². The van der Waals surface area contributed by atoms with Crippen molar-refractivity contribution < 1.29 is 13.9 Å². The van der Waals surface area contributed by atoms with Crippen LogP contribution < -0.4 is 4.90 Å². The van der Waals surface area contributed by atoms with Gasteiger partial charge in [-0.1, -0.05) is 37.5 Å². The fourth-order valence-electron chi connectivity index (χ4n) is 3.07. The van der Waals surface area contributed by atoms with Crippen LogP contribution in [-0.2, 0) is 4.74 Å². The van der Waals surface area contributed by atoms with Crippen LogP contribution in [-0.4, -0.2) is 17.7 Å². The molecular weight excluding hydrogens is 307 g/mol. The van der Waals surface area contributed by atoms with E-state index in [-0.39, 0.29) is 0 Å². The second-order valence-corrected chi connectivity index (χ2v) is 6.11. The Bertz CT molecular complexity index is 672. The Kier molecular flexibility index (Phi) is 5.41. The van der Waals surface area contributed by atoms with Crippen molar-refractivity contribution in [1.29, 1.82) is 0 Å². The van der Waals surface area contributed by atoms with Crippen LogP contribution in [0.25, 0.3) is 0 Å². The summed E-state index contributed by atoms with van der Waals surface area (Å²) in [4.78, 5) is 17.9. The summed E-state index contributed by atoms with van der Waals surface area (Å²) in [6.07, 6.45) is 7.91. The number of rotatable bonds is 4. The maximum atomic E-state index is 13.5. The monoisotopic (exact) mass is 328 g/mol. The Morgan fingerprint density at radius 3 is 2.58 bits per heavy atom. The predicted octanol–water partition coefficient (Wildman–Crippen LogP) is 5.08. The molecule has 4 nitrogen and oxygen atoms in total. The van der Waals surface area contributed by atoms with Crippen LogP contribution in [0.5, 0.6) is 0 Å². The molecular formula is C19H21FN2O2. The summed E-state index contributed by atoms with van der Waals surface area (Å²) >= 11 is 0. The van der Waals surface area contributed by atoms with E-state index in [0.29, 0.717) is 23.9 Å². The number of benzene rings is 1. The normalized spacial score (nSPS) is 15.0. The van der Waals surface area contributed by atoms with Crippen molar-refractivity contribution in [2.24, 2.45) is 5.92 Å². The molecule has 0 bridgehead atoms. The van der Waals surface area contributed by atoms with Gasteiger partial charge in [0, 0.05) is 6.07 Å². The number of amides is 1. The first-order valence-corrected chi connectivity index (χ1v) is 8.36. The highest BCUT2D eigenvalue weighted by Crippen LogP contribution is 2.28. The zero-order valence-corrected chi connectivity index (χ0v) is 13.5. The number of aromatic nitrogens is 1. The van der Waals surface area contributed by atoms with Gasteiger partial charge in [-0.25, -0.2) is 14.1 Å². The van der Waals surface area contributed by atoms with E-state index in [1.165, 1.54) is 36.4 Å². The topological polar surface area (TPSA) is 42.4 Å². The Morgan fingerprint density at radius 1 is 1.12 bits per heavy atom. The summed E-state index contributed by atoms with van der Waals surface area (Å²) in [7, 11) is 0. The molecule has 1 amide bonds. The molecule has 0 spiro atoms. The highest BCUT2D eigenvalue weighted by atomic mass is 19.1. The van der Waals surface area contributed by atoms with E-state index in [2.05, 4.69) is 4.98 Å². The van der Waals surface area contributed by atoms with Crippen molar-refractivity contribution in [2.45, 2.75) is 32.1 Å². The number of hydrogen-bond acceptors (Lipinski definition) is 3. The third-order valence-electron chi connectivity index (χ3n) is 4.31. The first-order valence-electron chi connectivity index (χ1n) is 8.36. The maximum Gasteiger partial charge on any atom is 0.419 e. The minimum Gasteiger partial charge on any atom is -0.449 e. The number of carbonyl (C=O) groups excluding carboxylic acids is 1. The molecule has 0 radical (unpaired) electrons. The van der Waals surface area contributed by atoms with Gasteiger partial charge in [0.05, 0.1) is 30.4 Å². The lowest BCUT2D eigenvalue weighted by atomic mass is 9.90. The maximum absolute atomic E-state index is 13.5. The van der Waals surface area contributed by atoms with Crippen molar-refractivity contribution in [1.82, 2.24) is 4.98 Å². The molecule has 1 aliphatic carbocycles. The van der Waals surface area contributed by atoms with Crippen LogP contribution in [0.1, 0.15) is 32.1 Å². The first kappa shape index (κ1) is 16.4. The molecule has 1 aliphatic rings. The fraction of sp³-hybridized carbons (Fsp3) is 0.368. The number of nitrogens with zero attached hydrogens (tertiary/aromatic N) is 2. The largest absolute Gasteiger partial charge is 0.449 e. The number of carbonyl (C=O) groups is 1. The molecule has 3 rings (SSSR count). The predicted molar refractivity (Wildman–Crippen MR) is 90.7 cm³/mol. The van der Waals surface area contributed by atoms with E-state index >= 15 is 0 Å².